The summed E-state index contributed by atoms with van der Waals surface area (Å²) in [5.74, 6) is -1.98. The van der Waals surface area contributed by atoms with Crippen molar-refractivity contribution in [1.82, 2.24) is 0 Å². The van der Waals surface area contributed by atoms with Gasteiger partial charge in [-0.05, 0) is 89.9 Å². The molecule has 526 valence electrons. The predicted octanol–water partition coefficient (Wildman–Crippen LogP) is 24.4. The molecular formula is C82H146NO8+. The van der Waals surface area contributed by atoms with E-state index in [9.17, 15) is 19.5 Å². The standard InChI is InChI=1S/C82H145NO8/c1-6-8-10-12-14-16-18-20-22-24-26-28-30-32-34-36-38-40-42-44-46-48-50-52-54-56-58-60-62-64-66-68-70-72-79(84)89-76-78(77-90-82(81(86)87)88-75-74-83(3,4)5)91-80(85)73-71-69-67-65-63-61-59-57-55-53-51-49-47-45-43-41-39-37-35-33-31-29-27-25-23-21-19-17-15-13-11-9-7-2/h8-11,14-17,20-23,26-29,78,82H,6-7,12-13,18-19,24-25,30-77H2,1-5H3/p+1/b10-8-,11-9-,16-14-,17-15-,22-20-,23-21-,28-26-,29-27-. The van der Waals surface area contributed by atoms with Crippen LogP contribution in [0.15, 0.2) is 97.2 Å². The molecule has 0 amide bonds. The maximum Gasteiger partial charge on any atom is 0.361 e. The number of unbranched alkanes of at least 4 members (excludes halogenated alkanes) is 40. The summed E-state index contributed by atoms with van der Waals surface area (Å²) in [6.45, 7) is 4.70. The molecule has 0 saturated heterocycles. The summed E-state index contributed by atoms with van der Waals surface area (Å²) in [7, 11) is 5.99. The average molecular weight is 1270 g/mol. The average Bonchev–Trinajstić information content (AvgIpc) is 3.63. The third kappa shape index (κ3) is 73.5. The number of rotatable bonds is 71. The fraction of sp³-hybridized carbons (Fsp3) is 0.768. The molecule has 0 radical (unpaired) electrons. The lowest BCUT2D eigenvalue weighted by atomic mass is 10.0. The molecule has 91 heavy (non-hydrogen) atoms. The largest absolute Gasteiger partial charge is 0.477 e. The van der Waals surface area contributed by atoms with Crippen molar-refractivity contribution < 1.29 is 42.9 Å². The zero-order valence-electron chi connectivity index (χ0n) is 60.2. The first-order valence-electron chi connectivity index (χ1n) is 38.4. The van der Waals surface area contributed by atoms with E-state index in [0.717, 1.165) is 89.9 Å². The van der Waals surface area contributed by atoms with Gasteiger partial charge in [0.15, 0.2) is 6.10 Å². The van der Waals surface area contributed by atoms with Crippen LogP contribution in [-0.4, -0.2) is 87.4 Å². The third-order valence-electron chi connectivity index (χ3n) is 16.8. The highest BCUT2D eigenvalue weighted by atomic mass is 16.7. The first-order valence-corrected chi connectivity index (χ1v) is 38.4. The van der Waals surface area contributed by atoms with Gasteiger partial charge in [-0.15, -0.1) is 0 Å². The lowest BCUT2D eigenvalue weighted by molar-refractivity contribution is -0.870. The third-order valence-corrected chi connectivity index (χ3v) is 16.8. The fourth-order valence-corrected chi connectivity index (χ4v) is 11.1. The molecule has 0 heterocycles. The summed E-state index contributed by atoms with van der Waals surface area (Å²) >= 11 is 0. The number of esters is 2. The van der Waals surface area contributed by atoms with Crippen LogP contribution in [0.5, 0.6) is 0 Å². The minimum Gasteiger partial charge on any atom is -0.477 e. The highest BCUT2D eigenvalue weighted by Crippen LogP contribution is 2.19. The summed E-state index contributed by atoms with van der Waals surface area (Å²) in [4.78, 5) is 37.7. The summed E-state index contributed by atoms with van der Waals surface area (Å²) in [6, 6.07) is 0. The molecule has 0 aromatic carbocycles. The Hall–Kier alpha value is -3.79. The number of carbonyl (C=O) groups excluding carboxylic acids is 2. The molecule has 0 spiro atoms. The van der Waals surface area contributed by atoms with Crippen LogP contribution < -0.4 is 0 Å². The zero-order chi connectivity index (χ0) is 66.1. The summed E-state index contributed by atoms with van der Waals surface area (Å²) in [5, 5.41) is 9.77. The highest BCUT2D eigenvalue weighted by Gasteiger charge is 2.25. The Balaban J connectivity index is 4.01. The Morgan fingerprint density at radius 1 is 0.330 bits per heavy atom. The molecule has 0 bridgehead atoms. The number of hydrogen-bond donors (Lipinski definition) is 1. The molecular weight excluding hydrogens is 1130 g/mol. The second-order valence-electron chi connectivity index (χ2n) is 26.9. The maximum absolute atomic E-state index is 13.0. The first-order chi connectivity index (χ1) is 44.6. The van der Waals surface area contributed by atoms with Crippen LogP contribution in [0.2, 0.25) is 0 Å². The van der Waals surface area contributed by atoms with Gasteiger partial charge >= 0.3 is 17.9 Å². The van der Waals surface area contributed by atoms with Gasteiger partial charge in [-0.25, -0.2) is 4.79 Å². The van der Waals surface area contributed by atoms with E-state index in [4.69, 9.17) is 18.9 Å². The van der Waals surface area contributed by atoms with Crippen molar-refractivity contribution in [2.75, 3.05) is 47.5 Å². The molecule has 1 N–H and O–H groups in total. The minimum atomic E-state index is -1.51. The number of aliphatic carboxylic acids is 1. The van der Waals surface area contributed by atoms with Crippen molar-refractivity contribution in [3.8, 4) is 0 Å². The topological polar surface area (TPSA) is 108 Å². The van der Waals surface area contributed by atoms with Crippen LogP contribution in [-0.2, 0) is 33.3 Å². The molecule has 0 aliphatic heterocycles. The monoisotopic (exact) mass is 1270 g/mol. The number of quaternary nitrogens is 1. The van der Waals surface area contributed by atoms with E-state index < -0.39 is 18.4 Å². The number of likely N-dealkylation sites (N-methyl/N-ethyl adjacent to an activating group) is 1. The first kappa shape index (κ1) is 87.2. The molecule has 0 aliphatic carbocycles. The summed E-state index contributed by atoms with van der Waals surface area (Å²) in [5.41, 5.74) is 0. The quantitative estimate of drug-likeness (QED) is 0.0211. The number of nitrogens with zero attached hydrogens (tertiary/aromatic N) is 1. The van der Waals surface area contributed by atoms with E-state index in [-0.39, 0.29) is 38.2 Å². The van der Waals surface area contributed by atoms with E-state index in [0.29, 0.717) is 17.4 Å². The maximum atomic E-state index is 13.0. The second-order valence-corrected chi connectivity index (χ2v) is 26.9. The Morgan fingerprint density at radius 3 is 0.879 bits per heavy atom. The molecule has 0 fully saturated rings. The van der Waals surface area contributed by atoms with Crippen LogP contribution >= 0.6 is 0 Å². The second kappa shape index (κ2) is 72.0. The number of allylic oxidation sites excluding steroid dienone is 16. The number of carboxylic acids is 1. The zero-order valence-corrected chi connectivity index (χ0v) is 60.2. The fourth-order valence-electron chi connectivity index (χ4n) is 11.1. The number of carbonyl (C=O) groups is 3. The van der Waals surface area contributed by atoms with Crippen molar-refractivity contribution in [3.05, 3.63) is 97.2 Å². The summed E-state index contributed by atoms with van der Waals surface area (Å²) < 4.78 is 23.0. The SMILES string of the molecule is CC/C=C\C/C=C\C/C=C\C/C=C\CCCCCCCCCCCCCCCCCCCCCCC(=O)OCC(COC(OCC[N+](C)(C)C)C(=O)O)OC(=O)CCCCCCCCCCCCCCCCCCCCCC/C=C\C/C=C\C/C=C\C/C=C\CC. The molecule has 2 atom stereocenters. The Kier molecular flexibility index (Phi) is 69.0. The smallest absolute Gasteiger partial charge is 0.361 e. The molecule has 9 heteroatoms. The lowest BCUT2D eigenvalue weighted by Crippen LogP contribution is -2.40. The molecule has 9 nitrogen and oxygen atoms in total. The van der Waals surface area contributed by atoms with E-state index >= 15 is 0 Å². The Labute approximate surface area is 562 Å². The number of carboxylic acid groups (broad SMARTS) is 1. The van der Waals surface area contributed by atoms with E-state index in [1.165, 1.54) is 231 Å². The molecule has 0 rings (SSSR count). The molecule has 0 aromatic heterocycles. The van der Waals surface area contributed by atoms with Gasteiger partial charge < -0.3 is 28.5 Å². The Bertz CT molecular complexity index is 1820. The number of hydrogen-bond acceptors (Lipinski definition) is 7. The van der Waals surface area contributed by atoms with Gasteiger partial charge in [0, 0.05) is 12.8 Å². The van der Waals surface area contributed by atoms with Crippen molar-refractivity contribution >= 4 is 17.9 Å². The van der Waals surface area contributed by atoms with Crippen molar-refractivity contribution in [2.24, 2.45) is 0 Å². The van der Waals surface area contributed by atoms with Gasteiger partial charge in [-0.3, -0.25) is 9.59 Å². The van der Waals surface area contributed by atoms with Crippen LogP contribution in [0.25, 0.3) is 0 Å². The van der Waals surface area contributed by atoms with E-state index in [1.54, 1.807) is 0 Å². The van der Waals surface area contributed by atoms with Crippen LogP contribution in [0, 0.1) is 0 Å². The summed E-state index contributed by atoms with van der Waals surface area (Å²) in [6.07, 6.45) is 96.9. The molecule has 2 unspecified atom stereocenters. The van der Waals surface area contributed by atoms with E-state index in [2.05, 4.69) is 111 Å². The molecule has 0 saturated carbocycles. The van der Waals surface area contributed by atoms with E-state index in [1.807, 2.05) is 21.1 Å². The van der Waals surface area contributed by atoms with Crippen LogP contribution in [0.1, 0.15) is 348 Å². The van der Waals surface area contributed by atoms with Crippen LogP contribution in [0.4, 0.5) is 0 Å². The van der Waals surface area contributed by atoms with Gasteiger partial charge in [0.05, 0.1) is 34.4 Å². The van der Waals surface area contributed by atoms with Gasteiger partial charge in [-0.2, -0.15) is 0 Å². The van der Waals surface area contributed by atoms with Crippen molar-refractivity contribution in [3.63, 3.8) is 0 Å². The Morgan fingerprint density at radius 2 is 0.593 bits per heavy atom. The number of ether oxygens (including phenoxy) is 4. The lowest BCUT2D eigenvalue weighted by Gasteiger charge is -2.25. The van der Waals surface area contributed by atoms with Crippen LogP contribution in [0.3, 0.4) is 0 Å². The van der Waals surface area contributed by atoms with Gasteiger partial charge in [0.1, 0.15) is 13.2 Å². The highest BCUT2D eigenvalue weighted by molar-refractivity contribution is 5.71. The van der Waals surface area contributed by atoms with Gasteiger partial charge in [0.2, 0.25) is 0 Å². The van der Waals surface area contributed by atoms with Gasteiger partial charge in [-0.1, -0.05) is 342 Å². The van der Waals surface area contributed by atoms with Crippen molar-refractivity contribution in [1.29, 1.82) is 0 Å². The normalized spacial score (nSPS) is 13.2. The van der Waals surface area contributed by atoms with Crippen molar-refractivity contribution in [2.45, 2.75) is 360 Å². The predicted molar refractivity (Wildman–Crippen MR) is 392 cm³/mol. The molecule has 0 aromatic rings. The minimum absolute atomic E-state index is 0.180. The van der Waals surface area contributed by atoms with Gasteiger partial charge in [0.25, 0.3) is 6.29 Å². The molecule has 0 aliphatic rings.